The second kappa shape index (κ2) is 9.45. The Morgan fingerprint density at radius 3 is 2.67 bits per heavy atom. The third-order valence-corrected chi connectivity index (χ3v) is 5.02. The van der Waals surface area contributed by atoms with Crippen molar-refractivity contribution in [1.82, 2.24) is 10.2 Å². The summed E-state index contributed by atoms with van der Waals surface area (Å²) >= 11 is 1.61. The number of nitrogens with zero attached hydrogens (tertiary/aromatic N) is 1. The molecule has 1 aromatic heterocycles. The monoisotopic (exact) mass is 346 g/mol. The Kier molecular flexibility index (Phi) is 7.28. The average molecular weight is 346 g/mol. The van der Waals surface area contributed by atoms with Crippen LogP contribution in [-0.4, -0.2) is 37.6 Å². The van der Waals surface area contributed by atoms with Gasteiger partial charge in [0.05, 0.1) is 19.6 Å². The quantitative estimate of drug-likeness (QED) is 0.755. The van der Waals surface area contributed by atoms with Gasteiger partial charge in [-0.25, -0.2) is 0 Å². The summed E-state index contributed by atoms with van der Waals surface area (Å²) in [6, 6.07) is 12.2. The summed E-state index contributed by atoms with van der Waals surface area (Å²) in [5.41, 5.74) is 1.16. The number of likely N-dealkylation sites (N-methyl/N-ethyl adjacent to an activating group) is 1. The maximum atomic E-state index is 12.2. The first-order chi connectivity index (χ1) is 11.7. The third-order valence-electron chi connectivity index (χ3n) is 4.14. The van der Waals surface area contributed by atoms with E-state index in [-0.39, 0.29) is 11.9 Å². The third kappa shape index (κ3) is 5.08. The molecule has 0 saturated heterocycles. The lowest BCUT2D eigenvalue weighted by atomic mass is 10.0. The van der Waals surface area contributed by atoms with Gasteiger partial charge in [-0.2, -0.15) is 0 Å². The minimum Gasteiger partial charge on any atom is -0.497 e. The van der Waals surface area contributed by atoms with Gasteiger partial charge in [-0.15, -0.1) is 11.3 Å². The Morgan fingerprint density at radius 2 is 2.04 bits per heavy atom. The van der Waals surface area contributed by atoms with Crippen LogP contribution in [0.4, 0.5) is 0 Å². The van der Waals surface area contributed by atoms with Gasteiger partial charge in [-0.1, -0.05) is 32.0 Å². The zero-order chi connectivity index (χ0) is 17.4. The van der Waals surface area contributed by atoms with Crippen LogP contribution in [0.2, 0.25) is 0 Å². The van der Waals surface area contributed by atoms with Crippen molar-refractivity contribution in [1.29, 1.82) is 0 Å². The SMILES string of the molecule is CCN(CC)[C@@H](CNC(=O)Cc1cccs1)c1cccc(OC)c1. The van der Waals surface area contributed by atoms with Crippen molar-refractivity contribution in [3.8, 4) is 5.75 Å². The smallest absolute Gasteiger partial charge is 0.225 e. The zero-order valence-corrected chi connectivity index (χ0v) is 15.4. The topological polar surface area (TPSA) is 41.6 Å². The number of rotatable bonds is 9. The van der Waals surface area contributed by atoms with Crippen molar-refractivity contribution in [2.75, 3.05) is 26.7 Å². The highest BCUT2D eigenvalue weighted by Crippen LogP contribution is 2.23. The molecule has 0 unspecified atom stereocenters. The number of ether oxygens (including phenoxy) is 1. The van der Waals surface area contributed by atoms with Gasteiger partial charge in [0, 0.05) is 11.4 Å². The number of hydrogen-bond donors (Lipinski definition) is 1. The molecule has 0 spiro atoms. The second-order valence-electron chi connectivity index (χ2n) is 5.57. The molecule has 2 aromatic rings. The molecule has 130 valence electrons. The molecule has 5 heteroatoms. The first-order valence-electron chi connectivity index (χ1n) is 8.35. The van der Waals surface area contributed by atoms with E-state index in [1.54, 1.807) is 18.4 Å². The number of hydrogen-bond acceptors (Lipinski definition) is 4. The fourth-order valence-electron chi connectivity index (χ4n) is 2.82. The van der Waals surface area contributed by atoms with Crippen LogP contribution in [0.1, 0.15) is 30.3 Å². The first-order valence-corrected chi connectivity index (χ1v) is 9.23. The highest BCUT2D eigenvalue weighted by molar-refractivity contribution is 7.10. The van der Waals surface area contributed by atoms with Gasteiger partial charge >= 0.3 is 0 Å². The van der Waals surface area contributed by atoms with Crippen LogP contribution in [0.3, 0.4) is 0 Å². The Morgan fingerprint density at radius 1 is 1.25 bits per heavy atom. The molecule has 1 amide bonds. The number of carbonyl (C=O) groups excluding carboxylic acids is 1. The number of benzene rings is 1. The van der Waals surface area contributed by atoms with Crippen LogP contribution >= 0.6 is 11.3 Å². The van der Waals surface area contributed by atoms with Crippen molar-refractivity contribution in [2.45, 2.75) is 26.3 Å². The lowest BCUT2D eigenvalue weighted by molar-refractivity contribution is -0.120. The van der Waals surface area contributed by atoms with Crippen molar-refractivity contribution in [3.63, 3.8) is 0 Å². The highest BCUT2D eigenvalue weighted by Gasteiger charge is 2.19. The molecule has 0 fully saturated rings. The van der Waals surface area contributed by atoms with Gasteiger partial charge in [0.15, 0.2) is 0 Å². The van der Waals surface area contributed by atoms with Crippen molar-refractivity contribution < 1.29 is 9.53 Å². The number of methoxy groups -OCH3 is 1. The molecule has 0 aliphatic heterocycles. The summed E-state index contributed by atoms with van der Waals surface area (Å²) in [5, 5.41) is 5.09. The molecule has 0 saturated carbocycles. The fraction of sp³-hybridized carbons (Fsp3) is 0.421. The van der Waals surface area contributed by atoms with Crippen LogP contribution < -0.4 is 10.1 Å². The molecule has 0 radical (unpaired) electrons. The van der Waals surface area contributed by atoms with Crippen molar-refractivity contribution in [3.05, 3.63) is 52.2 Å². The van der Waals surface area contributed by atoms with Gasteiger partial charge in [0.2, 0.25) is 5.91 Å². The van der Waals surface area contributed by atoms with E-state index in [0.29, 0.717) is 13.0 Å². The lowest BCUT2D eigenvalue weighted by Crippen LogP contribution is -2.38. The molecular weight excluding hydrogens is 320 g/mol. The van der Waals surface area contributed by atoms with Gasteiger partial charge < -0.3 is 10.1 Å². The average Bonchev–Trinajstić information content (AvgIpc) is 3.11. The Bertz CT molecular complexity index is 624. The Labute approximate surface area is 148 Å². The van der Waals surface area contributed by atoms with Crippen LogP contribution in [0, 0.1) is 0 Å². The normalized spacial score (nSPS) is 12.2. The standard InChI is InChI=1S/C19H26N2O2S/c1-4-21(5-2)18(15-8-6-9-16(12-15)23-3)14-20-19(22)13-17-10-7-11-24-17/h6-12,18H,4-5,13-14H2,1-3H3,(H,20,22)/t18-/m0/s1. The van der Waals surface area contributed by atoms with Crippen molar-refractivity contribution >= 4 is 17.2 Å². The minimum absolute atomic E-state index is 0.0671. The molecule has 2 rings (SSSR count). The molecular formula is C19H26N2O2S. The molecule has 0 aliphatic rings. The number of nitrogens with one attached hydrogen (secondary N) is 1. The van der Waals surface area contributed by atoms with Crippen LogP contribution in [0.5, 0.6) is 5.75 Å². The van der Waals surface area contributed by atoms with E-state index in [1.807, 2.05) is 29.6 Å². The summed E-state index contributed by atoms with van der Waals surface area (Å²) in [7, 11) is 1.67. The van der Waals surface area contributed by atoms with Gasteiger partial charge in [-0.3, -0.25) is 9.69 Å². The molecule has 0 bridgehead atoms. The van der Waals surface area contributed by atoms with E-state index in [1.165, 1.54) is 0 Å². The van der Waals surface area contributed by atoms with Crippen molar-refractivity contribution in [2.24, 2.45) is 0 Å². The van der Waals surface area contributed by atoms with E-state index in [9.17, 15) is 4.79 Å². The predicted octanol–water partition coefficient (Wildman–Crippen LogP) is 3.50. The molecule has 24 heavy (non-hydrogen) atoms. The fourth-order valence-corrected chi connectivity index (χ4v) is 3.52. The summed E-state index contributed by atoms with van der Waals surface area (Å²) < 4.78 is 5.34. The van der Waals surface area contributed by atoms with E-state index >= 15 is 0 Å². The van der Waals surface area contributed by atoms with Crippen LogP contribution in [-0.2, 0) is 11.2 Å². The maximum absolute atomic E-state index is 12.2. The molecule has 1 atom stereocenters. The number of amides is 1. The highest BCUT2D eigenvalue weighted by atomic mass is 32.1. The lowest BCUT2D eigenvalue weighted by Gasteiger charge is -2.30. The summed E-state index contributed by atoms with van der Waals surface area (Å²) in [6.45, 7) is 6.74. The molecule has 1 heterocycles. The molecule has 4 nitrogen and oxygen atoms in total. The second-order valence-corrected chi connectivity index (χ2v) is 6.61. The Hall–Kier alpha value is -1.85. The molecule has 0 aliphatic carbocycles. The first kappa shape index (κ1) is 18.5. The number of carbonyl (C=O) groups is 1. The summed E-state index contributed by atoms with van der Waals surface area (Å²) in [4.78, 5) is 15.7. The predicted molar refractivity (Wildman–Crippen MR) is 99.7 cm³/mol. The molecule has 1 aromatic carbocycles. The minimum atomic E-state index is 0.0671. The van der Waals surface area contributed by atoms with Crippen LogP contribution in [0.25, 0.3) is 0 Å². The Balaban J connectivity index is 2.06. The van der Waals surface area contributed by atoms with Gasteiger partial charge in [0.25, 0.3) is 0 Å². The van der Waals surface area contributed by atoms with Gasteiger partial charge in [0.1, 0.15) is 5.75 Å². The van der Waals surface area contributed by atoms with E-state index in [2.05, 4.69) is 36.2 Å². The van der Waals surface area contributed by atoms with E-state index in [0.717, 1.165) is 29.3 Å². The van der Waals surface area contributed by atoms with Gasteiger partial charge in [-0.05, 0) is 42.2 Å². The summed E-state index contributed by atoms with van der Waals surface area (Å²) in [6.07, 6.45) is 0.445. The van der Waals surface area contributed by atoms with Crippen LogP contribution in [0.15, 0.2) is 41.8 Å². The maximum Gasteiger partial charge on any atom is 0.225 e. The van der Waals surface area contributed by atoms with E-state index in [4.69, 9.17) is 4.74 Å². The molecule has 1 N–H and O–H groups in total. The zero-order valence-electron chi connectivity index (χ0n) is 14.6. The summed E-state index contributed by atoms with van der Waals surface area (Å²) in [5.74, 6) is 0.909. The van der Waals surface area contributed by atoms with E-state index < -0.39 is 0 Å². The number of thiophene rings is 1. The largest absolute Gasteiger partial charge is 0.497 e.